The van der Waals surface area contributed by atoms with E-state index in [2.05, 4.69) is 28.4 Å². The van der Waals surface area contributed by atoms with Crippen LogP contribution in [0.5, 0.6) is 0 Å². The van der Waals surface area contributed by atoms with Crippen molar-refractivity contribution in [3.8, 4) is 0 Å². The fourth-order valence-electron chi connectivity index (χ4n) is 7.00. The summed E-state index contributed by atoms with van der Waals surface area (Å²) in [4.78, 5) is 15.5. The predicted molar refractivity (Wildman–Crippen MR) is 98.2 cm³/mol. The highest BCUT2D eigenvalue weighted by Crippen LogP contribution is 2.68. The largest absolute Gasteiger partial charge is 0.466 e. The minimum atomic E-state index is -0.579. The Hall–Kier alpha value is -1.89. The summed E-state index contributed by atoms with van der Waals surface area (Å²) in [7, 11) is 1.42. The minimum absolute atomic E-state index is 0.0466. The molecule has 0 aromatic heterocycles. The lowest BCUT2D eigenvalue weighted by Crippen LogP contribution is -2.66. The molecule has 3 fully saturated rings. The molecule has 4 aliphatic heterocycles. The third-order valence-corrected chi connectivity index (χ3v) is 7.80. The maximum absolute atomic E-state index is 13.0. The zero-order chi connectivity index (χ0) is 18.6. The van der Waals surface area contributed by atoms with Gasteiger partial charge in [-0.05, 0) is 37.9 Å². The number of esters is 1. The Labute approximate surface area is 158 Å². The number of hydrogen-bond donors (Lipinski definition) is 2. The van der Waals surface area contributed by atoms with Gasteiger partial charge >= 0.3 is 5.97 Å². The fraction of sp³-hybridized carbons (Fsp3) is 0.571. The molecule has 2 bridgehead atoms. The first-order chi connectivity index (χ1) is 13.0. The summed E-state index contributed by atoms with van der Waals surface area (Å²) < 4.78 is 11.6. The average Bonchev–Trinajstić information content (AvgIpc) is 3.31. The Morgan fingerprint density at radius 3 is 3.04 bits per heavy atom. The zero-order valence-electron chi connectivity index (χ0n) is 15.6. The van der Waals surface area contributed by atoms with E-state index in [1.54, 1.807) is 0 Å². The van der Waals surface area contributed by atoms with Gasteiger partial charge in [-0.1, -0.05) is 18.2 Å². The lowest BCUT2D eigenvalue weighted by Gasteiger charge is -2.55. The molecule has 0 unspecified atom stereocenters. The number of ether oxygens (including phenoxy) is 2. The number of hydrogen-bond acceptors (Lipinski definition) is 6. The Balaban J connectivity index is 1.72. The summed E-state index contributed by atoms with van der Waals surface area (Å²) in [6.45, 7) is 3.67. The summed E-state index contributed by atoms with van der Waals surface area (Å²) in [6, 6.07) is 8.45. The number of piperidine rings is 1. The van der Waals surface area contributed by atoms with Gasteiger partial charge in [0.2, 0.25) is 0 Å². The van der Waals surface area contributed by atoms with Crippen molar-refractivity contribution in [2.45, 2.75) is 49.5 Å². The second-order valence-electron chi connectivity index (χ2n) is 8.70. The first kappa shape index (κ1) is 16.1. The maximum Gasteiger partial charge on any atom is 0.338 e. The van der Waals surface area contributed by atoms with Gasteiger partial charge in [0.15, 0.2) is 0 Å². The molecule has 6 rings (SSSR count). The molecule has 0 radical (unpaired) electrons. The fourth-order valence-corrected chi connectivity index (χ4v) is 7.00. The van der Waals surface area contributed by atoms with Crippen LogP contribution in [0.2, 0.25) is 0 Å². The normalized spacial score (nSPS) is 41.8. The van der Waals surface area contributed by atoms with Crippen LogP contribution in [0.25, 0.3) is 0 Å². The number of rotatable bonds is 2. The van der Waals surface area contributed by atoms with Crippen LogP contribution < -0.4 is 5.32 Å². The molecule has 2 N–H and O–H groups in total. The number of aliphatic hydroxyl groups is 1. The summed E-state index contributed by atoms with van der Waals surface area (Å²) >= 11 is 0. The number of aliphatic hydroxyl groups excluding tert-OH is 1. The molecule has 3 saturated heterocycles. The molecule has 142 valence electrons. The van der Waals surface area contributed by atoms with Gasteiger partial charge in [0.05, 0.1) is 30.3 Å². The van der Waals surface area contributed by atoms with Gasteiger partial charge in [-0.2, -0.15) is 0 Å². The highest BCUT2D eigenvalue weighted by Gasteiger charge is 2.75. The molecule has 4 heterocycles. The number of carbonyl (C=O) groups excluding carboxylic acids is 1. The topological polar surface area (TPSA) is 71.0 Å². The molecule has 1 aromatic rings. The first-order valence-corrected chi connectivity index (χ1v) is 9.81. The van der Waals surface area contributed by atoms with Gasteiger partial charge in [0.1, 0.15) is 6.10 Å². The van der Waals surface area contributed by atoms with Crippen molar-refractivity contribution >= 4 is 11.7 Å². The monoisotopic (exact) mass is 368 g/mol. The lowest BCUT2D eigenvalue weighted by atomic mass is 9.52. The SMILES string of the molecule is COC(=O)C1=C2Nc3ccccc3[C@]23CCN2C[C@H]4C[C@@]([C@H](C)O)([C@H]1O4)[C@H]23. The molecule has 0 amide bonds. The molecule has 0 saturated carbocycles. The van der Waals surface area contributed by atoms with Gasteiger partial charge in [-0.15, -0.1) is 0 Å². The molecular formula is C21H24N2O4. The van der Waals surface area contributed by atoms with Gasteiger partial charge in [0.25, 0.3) is 0 Å². The molecule has 27 heavy (non-hydrogen) atoms. The van der Waals surface area contributed by atoms with E-state index < -0.39 is 17.6 Å². The number of nitrogens with zero attached hydrogens (tertiary/aromatic N) is 1. The number of benzene rings is 1. The summed E-state index contributed by atoms with van der Waals surface area (Å²) in [5.74, 6) is -0.348. The van der Waals surface area contributed by atoms with Crippen LogP contribution in [0.1, 0.15) is 25.3 Å². The smallest absolute Gasteiger partial charge is 0.338 e. The molecule has 6 heteroatoms. The molecule has 5 aliphatic rings. The summed E-state index contributed by atoms with van der Waals surface area (Å²) in [6.07, 6.45) is 0.752. The molecule has 6 atom stereocenters. The number of carbonyl (C=O) groups is 1. The predicted octanol–water partition coefficient (Wildman–Crippen LogP) is 1.40. The highest BCUT2D eigenvalue weighted by atomic mass is 16.5. The quantitative estimate of drug-likeness (QED) is 0.769. The van der Waals surface area contributed by atoms with E-state index in [0.29, 0.717) is 5.57 Å². The van der Waals surface area contributed by atoms with E-state index in [4.69, 9.17) is 9.47 Å². The van der Waals surface area contributed by atoms with E-state index in [-0.39, 0.29) is 23.5 Å². The average molecular weight is 368 g/mol. The Kier molecular flexibility index (Phi) is 2.94. The van der Waals surface area contributed by atoms with Crippen molar-refractivity contribution in [2.75, 3.05) is 25.5 Å². The summed E-state index contributed by atoms with van der Waals surface area (Å²) in [5.41, 5.74) is 3.00. The number of methoxy groups -OCH3 is 1. The van der Waals surface area contributed by atoms with Gasteiger partial charge in [-0.25, -0.2) is 4.79 Å². The number of fused-ring (bicyclic) bond motifs is 2. The van der Waals surface area contributed by atoms with Crippen molar-refractivity contribution in [2.24, 2.45) is 5.41 Å². The minimum Gasteiger partial charge on any atom is -0.466 e. The Morgan fingerprint density at radius 1 is 1.44 bits per heavy atom. The Bertz CT molecular complexity index is 896. The van der Waals surface area contributed by atoms with Gasteiger partial charge in [0, 0.05) is 29.4 Å². The van der Waals surface area contributed by atoms with Crippen LogP contribution in [0.4, 0.5) is 5.69 Å². The standard InChI is InChI=1S/C21H24N2O4/c1-11(24)21-9-12-10-23-8-7-20(19(21)23)13-5-3-4-6-14(13)22-16(20)15(17(21)27-12)18(25)26-2/h3-6,11-12,17,19,22,24H,7-10H2,1-2H3/t11-,12+,17-,19+,20+,21+/m0/s1. The Morgan fingerprint density at radius 2 is 2.26 bits per heavy atom. The number of para-hydroxylation sites is 1. The van der Waals surface area contributed by atoms with Crippen molar-refractivity contribution in [1.29, 1.82) is 0 Å². The zero-order valence-corrected chi connectivity index (χ0v) is 15.6. The molecule has 6 nitrogen and oxygen atoms in total. The molecule has 1 aromatic carbocycles. The second kappa shape index (κ2) is 4.93. The van der Waals surface area contributed by atoms with Crippen molar-refractivity contribution in [1.82, 2.24) is 4.90 Å². The van der Waals surface area contributed by atoms with Crippen LogP contribution in [0.15, 0.2) is 35.5 Å². The third kappa shape index (κ3) is 1.59. The van der Waals surface area contributed by atoms with E-state index in [1.165, 1.54) is 12.7 Å². The van der Waals surface area contributed by atoms with Gasteiger partial charge in [-0.3, -0.25) is 4.90 Å². The van der Waals surface area contributed by atoms with E-state index in [9.17, 15) is 9.90 Å². The van der Waals surface area contributed by atoms with Gasteiger partial charge < -0.3 is 19.9 Å². The van der Waals surface area contributed by atoms with Crippen molar-refractivity contribution < 1.29 is 19.4 Å². The van der Waals surface area contributed by atoms with E-state index >= 15 is 0 Å². The lowest BCUT2D eigenvalue weighted by molar-refractivity contribution is -0.140. The third-order valence-electron chi connectivity index (χ3n) is 7.80. The van der Waals surface area contributed by atoms with Crippen LogP contribution in [0.3, 0.4) is 0 Å². The molecular weight excluding hydrogens is 344 g/mol. The highest BCUT2D eigenvalue weighted by molar-refractivity contribution is 5.94. The van der Waals surface area contributed by atoms with Crippen LogP contribution in [-0.4, -0.2) is 60.5 Å². The van der Waals surface area contributed by atoms with Crippen molar-refractivity contribution in [3.63, 3.8) is 0 Å². The van der Waals surface area contributed by atoms with Crippen LogP contribution in [0, 0.1) is 5.41 Å². The molecule has 1 spiro atoms. The van der Waals surface area contributed by atoms with Crippen LogP contribution >= 0.6 is 0 Å². The van der Waals surface area contributed by atoms with E-state index in [1.807, 2.05) is 13.0 Å². The first-order valence-electron chi connectivity index (χ1n) is 9.81. The van der Waals surface area contributed by atoms with E-state index in [0.717, 1.165) is 37.3 Å². The number of anilines is 1. The number of nitrogens with one attached hydrogen (secondary N) is 1. The second-order valence-corrected chi connectivity index (χ2v) is 8.70. The maximum atomic E-state index is 13.0. The summed E-state index contributed by atoms with van der Waals surface area (Å²) in [5, 5.41) is 14.6. The van der Waals surface area contributed by atoms with Crippen molar-refractivity contribution in [3.05, 3.63) is 41.1 Å². The molecule has 1 aliphatic carbocycles. The van der Waals surface area contributed by atoms with Crippen LogP contribution in [-0.2, 0) is 19.7 Å².